The minimum Gasteiger partial charge on any atom is -0.367 e. The number of carbonyl (C=O) groups excluding carboxylic acids is 4. The molecule has 6 nitrogen and oxygen atoms in total. The first-order chi connectivity index (χ1) is 21.4. The zero-order chi connectivity index (χ0) is 30.9. The molecule has 4 aromatic carbocycles. The van der Waals surface area contributed by atoms with Crippen molar-refractivity contribution in [3.8, 4) is 0 Å². The fourth-order valence-corrected chi connectivity index (χ4v) is 9.57. The smallest absolute Gasteiger partial charge is 0.219 e. The predicted octanol–water partition coefficient (Wildman–Crippen LogP) is 7.10. The van der Waals surface area contributed by atoms with Gasteiger partial charge >= 0.3 is 0 Å². The second-order valence-corrected chi connectivity index (χ2v) is 14.2. The highest BCUT2D eigenvalue weighted by molar-refractivity contribution is 8.20. The van der Waals surface area contributed by atoms with Gasteiger partial charge in [0.25, 0.3) is 0 Å². The molecule has 0 radical (unpaired) electrons. The van der Waals surface area contributed by atoms with Gasteiger partial charge in [0.05, 0.1) is 16.6 Å². The lowest BCUT2D eigenvalue weighted by Gasteiger charge is -2.43. The van der Waals surface area contributed by atoms with Crippen LogP contribution in [0.2, 0.25) is 0 Å². The Morgan fingerprint density at radius 3 is 1.25 bits per heavy atom. The number of hydrogen-bond donors (Lipinski definition) is 1. The Hall–Kier alpha value is -3.12. The summed E-state index contributed by atoms with van der Waals surface area (Å²) in [4.78, 5) is 53.5. The molecular formula is C34H28O6S4. The highest BCUT2D eigenvalue weighted by atomic mass is 32.2. The maximum absolute atomic E-state index is 13.6. The maximum Gasteiger partial charge on any atom is 0.219 e. The van der Waals surface area contributed by atoms with Gasteiger partial charge < -0.3 is 9.84 Å². The van der Waals surface area contributed by atoms with Crippen LogP contribution in [0.15, 0.2) is 121 Å². The Bertz CT molecular complexity index is 1570. The first-order valence-corrected chi connectivity index (χ1v) is 17.4. The van der Waals surface area contributed by atoms with Crippen LogP contribution in [0.5, 0.6) is 0 Å². The van der Waals surface area contributed by atoms with E-state index < -0.39 is 28.1 Å². The summed E-state index contributed by atoms with van der Waals surface area (Å²) in [6.45, 7) is 0. The van der Waals surface area contributed by atoms with Crippen molar-refractivity contribution in [2.24, 2.45) is 0 Å². The molecule has 10 heteroatoms. The van der Waals surface area contributed by atoms with Crippen molar-refractivity contribution in [3.05, 3.63) is 144 Å². The Kier molecular flexibility index (Phi) is 11.5. The summed E-state index contributed by atoms with van der Waals surface area (Å²) in [5.74, 6) is 0.130. The number of ether oxygens (including phenoxy) is 1. The Morgan fingerprint density at radius 1 is 0.500 bits per heavy atom. The highest BCUT2D eigenvalue weighted by Crippen LogP contribution is 2.45. The summed E-state index contributed by atoms with van der Waals surface area (Å²) in [6, 6.07) is 35.0. The molecule has 0 spiro atoms. The summed E-state index contributed by atoms with van der Waals surface area (Å²) < 4.78 is 6.10. The molecule has 0 aliphatic carbocycles. The van der Waals surface area contributed by atoms with Crippen LogP contribution in [0.3, 0.4) is 0 Å². The van der Waals surface area contributed by atoms with Crippen LogP contribution in [0.1, 0.15) is 41.4 Å². The molecule has 224 valence electrons. The van der Waals surface area contributed by atoms with Crippen LogP contribution in [-0.4, -0.2) is 59.5 Å². The van der Waals surface area contributed by atoms with Crippen LogP contribution in [0.4, 0.5) is 0 Å². The van der Waals surface area contributed by atoms with Crippen molar-refractivity contribution >= 4 is 67.5 Å². The highest BCUT2D eigenvalue weighted by Gasteiger charge is 2.49. The van der Waals surface area contributed by atoms with Crippen molar-refractivity contribution < 1.29 is 29.0 Å². The standard InChI is InChI=1S/C34H28O6S4/c35-30-29(44-34(39)25-19-11-4-12-20-25)28(43-33(38)24-17-9-3-10-18-24)27(42-32(37)23-15-7-2-8-16-23)26(40-30)21-41-31(36)22-13-5-1-6-14-22/h1-20,26-30,35H,21H2/t26-,27-,28-,29+,30+/m1/s1. The number of carbonyl (C=O) groups is 4. The Balaban J connectivity index is 1.48. The zero-order valence-electron chi connectivity index (χ0n) is 23.3. The number of thioether (sulfide) groups is 4. The third-order valence-electron chi connectivity index (χ3n) is 6.76. The molecule has 0 unspecified atom stereocenters. The van der Waals surface area contributed by atoms with Gasteiger partial charge in [0, 0.05) is 33.3 Å². The van der Waals surface area contributed by atoms with Crippen LogP contribution in [-0.2, 0) is 4.74 Å². The van der Waals surface area contributed by atoms with Gasteiger partial charge in [-0.2, -0.15) is 0 Å². The normalized spacial score (nSPS) is 21.3. The van der Waals surface area contributed by atoms with Gasteiger partial charge in [0.15, 0.2) is 6.29 Å². The third kappa shape index (κ3) is 8.32. The summed E-state index contributed by atoms with van der Waals surface area (Å²) in [6.07, 6.45) is -2.22. The van der Waals surface area contributed by atoms with Crippen molar-refractivity contribution in [2.45, 2.75) is 28.1 Å². The lowest BCUT2D eigenvalue weighted by Crippen LogP contribution is -2.55. The lowest BCUT2D eigenvalue weighted by atomic mass is 10.1. The van der Waals surface area contributed by atoms with E-state index in [1.165, 1.54) is 0 Å². The van der Waals surface area contributed by atoms with Gasteiger partial charge in [-0.3, -0.25) is 19.2 Å². The van der Waals surface area contributed by atoms with Crippen molar-refractivity contribution in [2.75, 3.05) is 5.75 Å². The molecule has 1 aliphatic heterocycles. The minimum absolute atomic E-state index is 0.130. The number of rotatable bonds is 9. The summed E-state index contributed by atoms with van der Waals surface area (Å²) in [7, 11) is 0. The SMILES string of the molecule is O=C(SC[C@H]1O[C@H](O)[C@@H](SC(=O)c2ccccc2)[C@H](SC(=O)c2ccccc2)[C@@H]1SC(=O)c1ccccc1)c1ccccc1. The molecule has 1 N–H and O–H groups in total. The van der Waals surface area contributed by atoms with E-state index >= 15 is 0 Å². The van der Waals surface area contributed by atoms with Crippen LogP contribution >= 0.6 is 47.0 Å². The molecule has 0 bridgehead atoms. The first kappa shape index (κ1) is 32.3. The van der Waals surface area contributed by atoms with E-state index in [4.69, 9.17) is 4.74 Å². The zero-order valence-corrected chi connectivity index (χ0v) is 26.5. The molecule has 1 heterocycles. The molecule has 44 heavy (non-hydrogen) atoms. The first-order valence-electron chi connectivity index (χ1n) is 13.7. The average Bonchev–Trinajstić information content (AvgIpc) is 3.07. The quantitative estimate of drug-likeness (QED) is 0.200. The third-order valence-corrected chi connectivity index (χ3v) is 12.0. The largest absolute Gasteiger partial charge is 0.367 e. The van der Waals surface area contributed by atoms with Gasteiger partial charge in [-0.15, -0.1) is 0 Å². The van der Waals surface area contributed by atoms with Crippen molar-refractivity contribution in [1.29, 1.82) is 0 Å². The average molecular weight is 661 g/mol. The lowest BCUT2D eigenvalue weighted by molar-refractivity contribution is -0.145. The summed E-state index contributed by atoms with van der Waals surface area (Å²) in [5.41, 5.74) is 1.89. The van der Waals surface area contributed by atoms with Gasteiger partial charge in [-0.05, 0) is 0 Å². The number of aliphatic hydroxyl groups excluding tert-OH is 1. The number of benzene rings is 4. The van der Waals surface area contributed by atoms with Gasteiger partial charge in [-0.1, -0.05) is 168 Å². The fraction of sp³-hybridized carbons (Fsp3) is 0.176. The van der Waals surface area contributed by atoms with E-state index in [1.54, 1.807) is 103 Å². The molecular weight excluding hydrogens is 633 g/mol. The molecule has 1 fully saturated rings. The molecule has 0 amide bonds. The van der Waals surface area contributed by atoms with E-state index in [-0.39, 0.29) is 26.2 Å². The molecule has 1 saturated heterocycles. The Labute approximate surface area is 272 Å². The monoisotopic (exact) mass is 660 g/mol. The van der Waals surface area contributed by atoms with Gasteiger partial charge in [0.1, 0.15) is 0 Å². The van der Waals surface area contributed by atoms with Gasteiger partial charge in [-0.25, -0.2) is 0 Å². The molecule has 4 aromatic rings. The summed E-state index contributed by atoms with van der Waals surface area (Å²) in [5, 5.41) is 8.08. The van der Waals surface area contributed by atoms with Gasteiger partial charge in [0.2, 0.25) is 20.5 Å². The van der Waals surface area contributed by atoms with E-state index in [0.29, 0.717) is 22.3 Å². The van der Waals surface area contributed by atoms with E-state index in [9.17, 15) is 24.3 Å². The van der Waals surface area contributed by atoms with E-state index in [1.807, 2.05) is 18.2 Å². The number of aliphatic hydroxyl groups is 1. The van der Waals surface area contributed by atoms with Crippen molar-refractivity contribution in [3.63, 3.8) is 0 Å². The predicted molar refractivity (Wildman–Crippen MR) is 181 cm³/mol. The maximum atomic E-state index is 13.6. The van der Waals surface area contributed by atoms with Crippen molar-refractivity contribution in [1.82, 2.24) is 0 Å². The van der Waals surface area contributed by atoms with E-state index in [0.717, 1.165) is 47.0 Å². The van der Waals surface area contributed by atoms with Crippen LogP contribution < -0.4 is 0 Å². The fourth-order valence-electron chi connectivity index (χ4n) is 4.54. The molecule has 0 saturated carbocycles. The minimum atomic E-state index is -1.44. The van der Waals surface area contributed by atoms with Crippen LogP contribution in [0, 0.1) is 0 Å². The molecule has 1 aliphatic rings. The van der Waals surface area contributed by atoms with Crippen LogP contribution in [0.25, 0.3) is 0 Å². The van der Waals surface area contributed by atoms with E-state index in [2.05, 4.69) is 0 Å². The second-order valence-electron chi connectivity index (χ2n) is 9.74. The topological polar surface area (TPSA) is 97.7 Å². The molecule has 5 atom stereocenters. The summed E-state index contributed by atoms with van der Waals surface area (Å²) >= 11 is 3.91. The number of hydrogen-bond acceptors (Lipinski definition) is 10. The Morgan fingerprint density at radius 2 is 0.841 bits per heavy atom. The molecule has 5 rings (SSSR count). The second kappa shape index (κ2) is 15.7. The molecule has 0 aromatic heterocycles.